The zero-order chi connectivity index (χ0) is 4.50. The van der Waals surface area contributed by atoms with Gasteiger partial charge in [-0.25, -0.2) is 0 Å². The summed E-state index contributed by atoms with van der Waals surface area (Å²) >= 11 is 0.938. The van der Waals surface area contributed by atoms with E-state index in [-0.39, 0.29) is 11.0 Å². The quantitative estimate of drug-likeness (QED) is 0.386. The van der Waals surface area contributed by atoms with Crippen molar-refractivity contribution in [1.29, 1.82) is 0 Å². The van der Waals surface area contributed by atoms with Gasteiger partial charge in [0, 0.05) is 0 Å². The molecule has 3 N–H and O–H groups in total. The molecule has 0 fully saturated rings. The topological polar surface area (TPSA) is 61.5 Å². The Morgan fingerprint density at radius 2 is 1.14 bits per heavy atom. The van der Waals surface area contributed by atoms with Gasteiger partial charge in [-0.2, -0.15) is 0 Å². The molecule has 0 saturated heterocycles. The minimum atomic E-state index is 0. The summed E-state index contributed by atoms with van der Waals surface area (Å²) in [4.78, 5) is 0. The Hall–Kier alpha value is 0.423. The molecular formula is C3H15GeNO2. The Bertz CT molecular complexity index is 28.4. The Kier molecular flexibility index (Phi) is 10.2. The van der Waals surface area contributed by atoms with Crippen LogP contribution in [0.4, 0.5) is 0 Å². The van der Waals surface area contributed by atoms with Crippen LogP contribution in [0.5, 0.6) is 0 Å². The van der Waals surface area contributed by atoms with Gasteiger partial charge in [-0.1, -0.05) is 0 Å². The predicted octanol–water partition coefficient (Wildman–Crippen LogP) is -2.03. The summed E-state index contributed by atoms with van der Waals surface area (Å²) in [6.07, 6.45) is 0. The molecule has 0 aliphatic rings. The van der Waals surface area contributed by atoms with Gasteiger partial charge in [0.1, 0.15) is 0 Å². The first kappa shape index (κ1) is 15.7. The van der Waals surface area contributed by atoms with E-state index in [0.29, 0.717) is 0 Å². The van der Waals surface area contributed by atoms with Crippen molar-refractivity contribution in [2.45, 2.75) is 0 Å². The maximum atomic E-state index is 2.21. The molecule has 0 aliphatic carbocycles. The second-order valence-corrected chi connectivity index (χ2v) is 8.31. The minimum absolute atomic E-state index is 0. The molecule has 0 aromatic carbocycles. The van der Waals surface area contributed by atoms with Crippen molar-refractivity contribution in [2.75, 3.05) is 21.1 Å². The maximum absolute atomic E-state index is 2.21. The van der Waals surface area contributed by atoms with E-state index in [2.05, 4.69) is 21.1 Å². The normalized spacial score (nSPS) is 9.00. The number of rotatable bonds is 0. The van der Waals surface area contributed by atoms with Gasteiger partial charge in [-0.15, -0.1) is 0 Å². The predicted molar refractivity (Wildman–Crippen MR) is 33.5 cm³/mol. The van der Waals surface area contributed by atoms with E-state index in [0.717, 1.165) is 16.7 Å². The number of hydrogen-bond donors (Lipinski definition) is 0. The third kappa shape index (κ3) is 703. The monoisotopic (exact) mass is 171 g/mol. The molecule has 0 bridgehead atoms. The molecule has 0 atom stereocenters. The van der Waals surface area contributed by atoms with Crippen LogP contribution in [0.2, 0.25) is 0 Å². The van der Waals surface area contributed by atoms with E-state index in [9.17, 15) is 0 Å². The second-order valence-electron chi connectivity index (χ2n) is 2.68. The molecule has 0 rings (SSSR count). The first-order valence-electron chi connectivity index (χ1n) is 1.79. The van der Waals surface area contributed by atoms with Crippen LogP contribution in [0, 0.1) is 0 Å². The van der Waals surface area contributed by atoms with Gasteiger partial charge in [-0.05, 0) is 0 Å². The third-order valence-corrected chi connectivity index (χ3v) is 0. The Balaban J connectivity index is -0.0000000800. The summed E-state index contributed by atoms with van der Waals surface area (Å²) in [6, 6.07) is 0. The molecule has 48 valence electrons. The summed E-state index contributed by atoms with van der Waals surface area (Å²) < 4.78 is 1.19. The molecule has 0 aliphatic heterocycles. The van der Waals surface area contributed by atoms with Crippen LogP contribution in [-0.4, -0.2) is 52.3 Å². The Labute approximate surface area is 53.0 Å². The largest absolute Gasteiger partial charge is 0.870 e. The summed E-state index contributed by atoms with van der Waals surface area (Å²) in [7, 11) is 6.62. The minimum Gasteiger partial charge on any atom is -0.870 e. The van der Waals surface area contributed by atoms with Gasteiger partial charge < -0.3 is 11.0 Å². The molecule has 0 unspecified atom stereocenters. The van der Waals surface area contributed by atoms with Crippen LogP contribution in [0.3, 0.4) is 0 Å². The molecule has 0 aromatic rings. The van der Waals surface area contributed by atoms with Crippen LogP contribution >= 0.6 is 0 Å². The van der Waals surface area contributed by atoms with Gasteiger partial charge in [0.25, 0.3) is 0 Å². The van der Waals surface area contributed by atoms with Gasteiger partial charge >= 0.3 is 41.3 Å². The van der Waals surface area contributed by atoms with Crippen molar-refractivity contribution >= 4 is 16.7 Å². The fourth-order valence-corrected chi connectivity index (χ4v) is 0. The summed E-state index contributed by atoms with van der Waals surface area (Å²) in [5.74, 6) is 0. The summed E-state index contributed by atoms with van der Waals surface area (Å²) in [6.45, 7) is 0. The van der Waals surface area contributed by atoms with Gasteiger partial charge in [0.2, 0.25) is 0 Å². The molecule has 0 amide bonds. The number of hydrogen-bond acceptors (Lipinski definition) is 1. The van der Waals surface area contributed by atoms with Crippen LogP contribution in [0.15, 0.2) is 0 Å². The number of nitrogens with zero attached hydrogens (tertiary/aromatic N) is 1. The summed E-state index contributed by atoms with van der Waals surface area (Å²) in [5, 5.41) is 0. The molecule has 4 heteroatoms. The van der Waals surface area contributed by atoms with Crippen molar-refractivity contribution in [3.63, 3.8) is 0 Å². The van der Waals surface area contributed by atoms with Crippen molar-refractivity contribution < 1.29 is 14.4 Å². The fourth-order valence-electron chi connectivity index (χ4n) is 0. The van der Waals surface area contributed by atoms with Gasteiger partial charge in [0.15, 0.2) is 0 Å². The van der Waals surface area contributed by atoms with E-state index in [4.69, 9.17) is 0 Å². The molecule has 0 radical (unpaired) electrons. The maximum Gasteiger partial charge on any atom is -0.412 e. The molecule has 0 heterocycles. The van der Waals surface area contributed by atoms with E-state index in [1.54, 1.807) is 0 Å². The molecule has 3 nitrogen and oxygen atoms in total. The summed E-state index contributed by atoms with van der Waals surface area (Å²) in [5.41, 5.74) is 0. The van der Waals surface area contributed by atoms with Crippen LogP contribution < -0.4 is 0 Å². The van der Waals surface area contributed by atoms with Gasteiger partial charge in [0.05, 0.1) is 0 Å². The molecular weight excluding hydrogens is 155 g/mol. The Morgan fingerprint density at radius 1 is 1.14 bits per heavy atom. The zero-order valence-corrected chi connectivity index (χ0v) is 9.59. The Morgan fingerprint density at radius 3 is 1.14 bits per heavy atom. The SMILES string of the molecule is C[N+](C)(C)[GeH3].O.[OH-]. The first-order chi connectivity index (χ1) is 2.00. The van der Waals surface area contributed by atoms with Crippen molar-refractivity contribution in [1.82, 2.24) is 0 Å². The van der Waals surface area contributed by atoms with E-state index in [1.165, 1.54) is 3.44 Å². The van der Waals surface area contributed by atoms with Crippen LogP contribution in [-0.2, 0) is 0 Å². The molecule has 0 aromatic heterocycles. The van der Waals surface area contributed by atoms with Gasteiger partial charge in [-0.3, -0.25) is 0 Å². The zero-order valence-electron chi connectivity index (χ0n) is 5.39. The van der Waals surface area contributed by atoms with E-state index < -0.39 is 0 Å². The first-order valence-corrected chi connectivity index (χ1v) is 3.67. The average molecular weight is 170 g/mol. The molecule has 7 heavy (non-hydrogen) atoms. The second kappa shape index (κ2) is 4.58. The third-order valence-electron chi connectivity index (χ3n) is 0. The van der Waals surface area contributed by atoms with E-state index >= 15 is 0 Å². The fraction of sp³-hybridized carbons (Fsp3) is 1.00. The molecule has 0 saturated carbocycles. The van der Waals surface area contributed by atoms with Crippen molar-refractivity contribution in [3.05, 3.63) is 0 Å². The van der Waals surface area contributed by atoms with Crippen molar-refractivity contribution in [3.8, 4) is 0 Å². The standard InChI is InChI=1S/C3H12GeN.2H2O/c1-5(2,3)4;;/h1-4H3;2*1H2/q+1;;/p-1. The average Bonchev–Trinajstić information content (AvgIpc) is 0.722. The number of quaternary nitrogens is 1. The molecule has 0 spiro atoms. The van der Waals surface area contributed by atoms with Crippen LogP contribution in [0.25, 0.3) is 0 Å². The van der Waals surface area contributed by atoms with E-state index in [1.807, 2.05) is 0 Å². The van der Waals surface area contributed by atoms with Crippen LogP contribution in [0.1, 0.15) is 0 Å². The van der Waals surface area contributed by atoms with Crippen molar-refractivity contribution in [2.24, 2.45) is 0 Å². The smallest absolute Gasteiger partial charge is 0.412 e.